The van der Waals surface area contributed by atoms with Gasteiger partial charge in [0.25, 0.3) is 0 Å². The molecule has 98 valence electrons. The summed E-state index contributed by atoms with van der Waals surface area (Å²) >= 11 is 0. The molecule has 2 aromatic rings. The number of para-hydroxylation sites is 2. The minimum atomic E-state index is 0.181. The summed E-state index contributed by atoms with van der Waals surface area (Å²) in [6.45, 7) is 13.8. The van der Waals surface area contributed by atoms with Crippen LogP contribution in [0.3, 0.4) is 0 Å². The standard InChI is InChI=1S/C16H24N2/c1-11(16(5,6)15(2,3)4)14-17-12-9-7-8-10-13(12)18-14/h7-11H,1-6H3,(H,17,18). The molecule has 1 N–H and O–H groups in total. The minimum absolute atomic E-state index is 0.181. The molecular weight excluding hydrogens is 220 g/mol. The zero-order valence-corrected chi connectivity index (χ0v) is 12.3. The van der Waals surface area contributed by atoms with E-state index in [2.05, 4.69) is 58.7 Å². The van der Waals surface area contributed by atoms with Crippen LogP contribution in [0.1, 0.15) is 53.3 Å². The lowest BCUT2D eigenvalue weighted by molar-refractivity contribution is 0.0983. The maximum absolute atomic E-state index is 4.74. The van der Waals surface area contributed by atoms with Gasteiger partial charge < -0.3 is 4.98 Å². The lowest BCUT2D eigenvalue weighted by Gasteiger charge is -2.43. The predicted octanol–water partition coefficient (Wildman–Crippen LogP) is 4.74. The molecule has 0 radical (unpaired) electrons. The summed E-state index contributed by atoms with van der Waals surface area (Å²) in [5.74, 6) is 1.49. The number of hydrogen-bond donors (Lipinski definition) is 1. The smallest absolute Gasteiger partial charge is 0.110 e. The van der Waals surface area contributed by atoms with Gasteiger partial charge in [0, 0.05) is 5.92 Å². The highest BCUT2D eigenvalue weighted by Gasteiger charge is 2.39. The van der Waals surface area contributed by atoms with Crippen molar-refractivity contribution in [2.45, 2.75) is 47.5 Å². The first kappa shape index (κ1) is 13.1. The van der Waals surface area contributed by atoms with Gasteiger partial charge >= 0.3 is 0 Å². The number of nitrogens with zero attached hydrogens (tertiary/aromatic N) is 1. The Bertz CT molecular complexity index is 510. The fourth-order valence-corrected chi connectivity index (χ4v) is 2.17. The van der Waals surface area contributed by atoms with Crippen LogP contribution in [0.25, 0.3) is 11.0 Å². The molecule has 1 atom stereocenters. The number of imidazole rings is 1. The summed E-state index contributed by atoms with van der Waals surface area (Å²) in [6.07, 6.45) is 0. The quantitative estimate of drug-likeness (QED) is 0.812. The van der Waals surface area contributed by atoms with E-state index in [0.717, 1.165) is 16.9 Å². The number of aromatic amines is 1. The number of nitrogens with one attached hydrogen (secondary N) is 1. The zero-order valence-electron chi connectivity index (χ0n) is 12.3. The van der Waals surface area contributed by atoms with Crippen LogP contribution in [0.2, 0.25) is 0 Å². The van der Waals surface area contributed by atoms with Gasteiger partial charge in [0.1, 0.15) is 5.82 Å². The van der Waals surface area contributed by atoms with Gasteiger partial charge in [-0.05, 0) is 23.0 Å². The lowest BCUT2D eigenvalue weighted by atomic mass is 9.62. The molecule has 2 rings (SSSR count). The van der Waals surface area contributed by atoms with Crippen molar-refractivity contribution in [1.82, 2.24) is 9.97 Å². The van der Waals surface area contributed by atoms with E-state index in [4.69, 9.17) is 4.98 Å². The van der Waals surface area contributed by atoms with E-state index >= 15 is 0 Å². The molecule has 2 nitrogen and oxygen atoms in total. The van der Waals surface area contributed by atoms with E-state index in [1.54, 1.807) is 0 Å². The van der Waals surface area contributed by atoms with Gasteiger partial charge in [0.2, 0.25) is 0 Å². The molecule has 0 spiro atoms. The Hall–Kier alpha value is -1.31. The molecule has 1 unspecified atom stereocenters. The van der Waals surface area contributed by atoms with Gasteiger partial charge in [-0.3, -0.25) is 0 Å². The number of rotatable bonds is 2. The summed E-state index contributed by atoms with van der Waals surface area (Å²) in [7, 11) is 0. The van der Waals surface area contributed by atoms with Crippen molar-refractivity contribution in [2.75, 3.05) is 0 Å². The first-order valence-electron chi connectivity index (χ1n) is 6.68. The third-order valence-corrected chi connectivity index (χ3v) is 4.83. The van der Waals surface area contributed by atoms with Gasteiger partial charge in [-0.2, -0.15) is 0 Å². The van der Waals surface area contributed by atoms with Crippen molar-refractivity contribution < 1.29 is 0 Å². The SMILES string of the molecule is CC(c1nc2ccccc2[nH]1)C(C)(C)C(C)(C)C. The Morgan fingerprint density at radius 1 is 1.06 bits per heavy atom. The zero-order chi connectivity index (χ0) is 13.6. The third kappa shape index (κ3) is 2.05. The molecule has 0 aliphatic carbocycles. The number of benzene rings is 1. The van der Waals surface area contributed by atoms with Crippen LogP contribution < -0.4 is 0 Å². The monoisotopic (exact) mass is 244 g/mol. The van der Waals surface area contributed by atoms with E-state index in [0.29, 0.717) is 5.92 Å². The van der Waals surface area contributed by atoms with E-state index in [1.165, 1.54) is 0 Å². The van der Waals surface area contributed by atoms with Crippen LogP contribution in [-0.4, -0.2) is 9.97 Å². The topological polar surface area (TPSA) is 28.7 Å². The van der Waals surface area contributed by atoms with Crippen LogP contribution in [0.5, 0.6) is 0 Å². The summed E-state index contributed by atoms with van der Waals surface area (Å²) in [6, 6.07) is 8.23. The number of hydrogen-bond acceptors (Lipinski definition) is 1. The molecule has 1 aromatic carbocycles. The van der Waals surface area contributed by atoms with Crippen LogP contribution >= 0.6 is 0 Å². The van der Waals surface area contributed by atoms with Crippen molar-refractivity contribution in [2.24, 2.45) is 10.8 Å². The second-order valence-electron chi connectivity index (χ2n) is 6.83. The molecular formula is C16H24N2. The molecule has 0 aliphatic heterocycles. The predicted molar refractivity (Wildman–Crippen MR) is 77.7 cm³/mol. The second-order valence-corrected chi connectivity index (χ2v) is 6.83. The van der Waals surface area contributed by atoms with Crippen molar-refractivity contribution in [3.05, 3.63) is 30.1 Å². The van der Waals surface area contributed by atoms with Crippen LogP contribution in [0.4, 0.5) is 0 Å². The summed E-state index contributed by atoms with van der Waals surface area (Å²) in [5.41, 5.74) is 2.61. The fourth-order valence-electron chi connectivity index (χ4n) is 2.17. The average Bonchev–Trinajstić information content (AvgIpc) is 2.69. The van der Waals surface area contributed by atoms with Crippen LogP contribution in [0, 0.1) is 10.8 Å². The Morgan fingerprint density at radius 3 is 2.22 bits per heavy atom. The van der Waals surface area contributed by atoms with Crippen molar-refractivity contribution in [1.29, 1.82) is 0 Å². The molecule has 0 fully saturated rings. The number of aromatic nitrogens is 2. The Kier molecular flexibility index (Phi) is 3.00. The molecule has 2 heteroatoms. The normalized spacial score (nSPS) is 15.0. The van der Waals surface area contributed by atoms with E-state index in [9.17, 15) is 0 Å². The molecule has 1 aromatic heterocycles. The average molecular weight is 244 g/mol. The van der Waals surface area contributed by atoms with Gasteiger partial charge in [-0.25, -0.2) is 4.98 Å². The van der Waals surface area contributed by atoms with E-state index in [-0.39, 0.29) is 10.8 Å². The fraction of sp³-hybridized carbons (Fsp3) is 0.562. The second kappa shape index (κ2) is 4.11. The van der Waals surface area contributed by atoms with Gasteiger partial charge in [0.15, 0.2) is 0 Å². The molecule has 18 heavy (non-hydrogen) atoms. The first-order valence-corrected chi connectivity index (χ1v) is 6.68. The van der Waals surface area contributed by atoms with E-state index in [1.807, 2.05) is 12.1 Å². The Labute approximate surface area is 110 Å². The van der Waals surface area contributed by atoms with Crippen molar-refractivity contribution in [3.8, 4) is 0 Å². The van der Waals surface area contributed by atoms with Gasteiger partial charge in [0.05, 0.1) is 11.0 Å². The lowest BCUT2D eigenvalue weighted by Crippen LogP contribution is -2.35. The number of fused-ring (bicyclic) bond motifs is 1. The highest BCUT2D eigenvalue weighted by molar-refractivity contribution is 5.74. The number of H-pyrrole nitrogens is 1. The Balaban J connectivity index is 2.42. The minimum Gasteiger partial charge on any atom is -0.342 e. The molecule has 0 amide bonds. The largest absolute Gasteiger partial charge is 0.342 e. The molecule has 0 saturated carbocycles. The highest BCUT2D eigenvalue weighted by Crippen LogP contribution is 2.47. The maximum atomic E-state index is 4.74. The van der Waals surface area contributed by atoms with Crippen molar-refractivity contribution >= 4 is 11.0 Å². The van der Waals surface area contributed by atoms with Gasteiger partial charge in [-0.1, -0.05) is 53.7 Å². The van der Waals surface area contributed by atoms with Crippen LogP contribution in [0.15, 0.2) is 24.3 Å². The van der Waals surface area contributed by atoms with Crippen molar-refractivity contribution in [3.63, 3.8) is 0 Å². The summed E-state index contributed by atoms with van der Waals surface area (Å²) in [4.78, 5) is 8.20. The molecule has 0 aliphatic rings. The van der Waals surface area contributed by atoms with Gasteiger partial charge in [-0.15, -0.1) is 0 Å². The molecule has 0 bridgehead atoms. The maximum Gasteiger partial charge on any atom is 0.110 e. The summed E-state index contributed by atoms with van der Waals surface area (Å²) in [5, 5.41) is 0. The summed E-state index contributed by atoms with van der Waals surface area (Å²) < 4.78 is 0. The first-order chi connectivity index (χ1) is 8.23. The highest BCUT2D eigenvalue weighted by atomic mass is 14.9. The van der Waals surface area contributed by atoms with E-state index < -0.39 is 0 Å². The molecule has 1 heterocycles. The third-order valence-electron chi connectivity index (χ3n) is 4.83. The molecule has 0 saturated heterocycles. The Morgan fingerprint density at radius 2 is 1.67 bits per heavy atom. The van der Waals surface area contributed by atoms with Crippen LogP contribution in [-0.2, 0) is 0 Å².